The van der Waals surface area contributed by atoms with Crippen LogP contribution in [-0.2, 0) is 9.59 Å². The van der Waals surface area contributed by atoms with Gasteiger partial charge >= 0.3 is 6.03 Å². The maximum absolute atomic E-state index is 13.3. The smallest absolute Gasteiger partial charge is 0.325 e. The summed E-state index contributed by atoms with van der Waals surface area (Å²) in [5, 5.41) is 2.82. The molecule has 0 unspecified atom stereocenters. The molecule has 5 rings (SSSR count). The molecule has 0 radical (unpaired) electrons. The first kappa shape index (κ1) is 20.2. The van der Waals surface area contributed by atoms with E-state index in [4.69, 9.17) is 9.47 Å². The molecule has 4 amide bonds. The number of nitrogens with zero attached hydrogens (tertiary/aromatic N) is 2. The van der Waals surface area contributed by atoms with Gasteiger partial charge in [-0.25, -0.2) is 4.79 Å². The topological polar surface area (TPSA) is 88.2 Å². The van der Waals surface area contributed by atoms with Crippen LogP contribution in [0.3, 0.4) is 0 Å². The van der Waals surface area contributed by atoms with E-state index in [0.29, 0.717) is 19.0 Å². The van der Waals surface area contributed by atoms with E-state index in [2.05, 4.69) is 5.32 Å². The minimum atomic E-state index is -0.873. The van der Waals surface area contributed by atoms with E-state index in [9.17, 15) is 14.4 Å². The Hall–Kier alpha value is -2.77. The van der Waals surface area contributed by atoms with Crippen molar-refractivity contribution in [1.82, 2.24) is 15.1 Å². The Labute approximate surface area is 181 Å². The SMILES string of the molecule is C[C@H](c1ccc2c(c1)OCCCO2)N(C(=O)CN1C(=O)N[C@@](C)(C2CC2)C1=O)C1CC1. The summed E-state index contributed by atoms with van der Waals surface area (Å²) >= 11 is 0. The first-order chi connectivity index (χ1) is 14.9. The number of benzene rings is 1. The van der Waals surface area contributed by atoms with E-state index >= 15 is 0 Å². The number of rotatable bonds is 6. The van der Waals surface area contributed by atoms with Crippen LogP contribution in [0.25, 0.3) is 0 Å². The summed E-state index contributed by atoms with van der Waals surface area (Å²) in [5.74, 6) is 1.10. The van der Waals surface area contributed by atoms with Gasteiger partial charge in [0.05, 0.1) is 19.3 Å². The van der Waals surface area contributed by atoms with Crippen LogP contribution >= 0.6 is 0 Å². The molecule has 0 bridgehead atoms. The Bertz CT molecular complexity index is 926. The average molecular weight is 428 g/mol. The van der Waals surface area contributed by atoms with Gasteiger partial charge < -0.3 is 19.7 Å². The molecular formula is C23H29N3O5. The van der Waals surface area contributed by atoms with E-state index in [0.717, 1.165) is 48.3 Å². The number of carbonyl (C=O) groups is 3. The molecule has 1 N–H and O–H groups in total. The molecule has 0 aromatic heterocycles. The van der Waals surface area contributed by atoms with Crippen LogP contribution in [0.5, 0.6) is 11.5 Å². The normalized spacial score (nSPS) is 26.3. The molecule has 4 aliphatic rings. The quantitative estimate of drug-likeness (QED) is 0.705. The van der Waals surface area contributed by atoms with Crippen LogP contribution in [0.1, 0.15) is 57.6 Å². The third-order valence-corrected chi connectivity index (χ3v) is 6.89. The van der Waals surface area contributed by atoms with Crippen molar-refractivity contribution in [3.63, 3.8) is 0 Å². The summed E-state index contributed by atoms with van der Waals surface area (Å²) in [6.45, 7) is 4.75. The molecule has 166 valence electrons. The van der Waals surface area contributed by atoms with Crippen molar-refractivity contribution >= 4 is 17.8 Å². The first-order valence-corrected chi connectivity index (χ1v) is 11.2. The van der Waals surface area contributed by atoms with E-state index in [1.54, 1.807) is 6.92 Å². The maximum atomic E-state index is 13.3. The Kier molecular flexibility index (Phi) is 4.83. The van der Waals surface area contributed by atoms with Crippen molar-refractivity contribution in [2.75, 3.05) is 19.8 Å². The Morgan fingerprint density at radius 3 is 2.58 bits per heavy atom. The Balaban J connectivity index is 1.34. The van der Waals surface area contributed by atoms with Crippen molar-refractivity contribution < 1.29 is 23.9 Å². The van der Waals surface area contributed by atoms with Gasteiger partial charge in [-0.1, -0.05) is 6.07 Å². The van der Waals surface area contributed by atoms with Crippen molar-refractivity contribution in [3.05, 3.63) is 23.8 Å². The standard InChI is InChI=1S/C23H29N3O5/c1-14(15-4-9-18-19(12-15)31-11-3-10-30-18)26(17-7-8-17)20(27)13-25-21(28)23(2,16-5-6-16)24-22(25)29/h4,9,12,14,16-17H,3,5-8,10-11,13H2,1-2H3,(H,24,29)/t14-,23+/m1/s1. The van der Waals surface area contributed by atoms with Gasteiger partial charge in [0, 0.05) is 12.5 Å². The van der Waals surface area contributed by atoms with Crippen LogP contribution in [0.4, 0.5) is 4.79 Å². The van der Waals surface area contributed by atoms with E-state index in [1.807, 2.05) is 30.0 Å². The fourth-order valence-electron chi connectivity index (χ4n) is 4.70. The highest BCUT2D eigenvalue weighted by Crippen LogP contribution is 2.43. The lowest BCUT2D eigenvalue weighted by Gasteiger charge is -2.31. The van der Waals surface area contributed by atoms with Crippen molar-refractivity contribution in [2.45, 2.75) is 63.6 Å². The van der Waals surface area contributed by atoms with Crippen molar-refractivity contribution in [3.8, 4) is 11.5 Å². The third kappa shape index (κ3) is 3.62. The van der Waals surface area contributed by atoms with Crippen LogP contribution in [0.2, 0.25) is 0 Å². The number of nitrogens with one attached hydrogen (secondary N) is 1. The molecule has 31 heavy (non-hydrogen) atoms. The molecule has 2 saturated carbocycles. The highest BCUT2D eigenvalue weighted by Gasteiger charge is 2.56. The second kappa shape index (κ2) is 7.43. The lowest BCUT2D eigenvalue weighted by atomic mass is 9.96. The lowest BCUT2D eigenvalue weighted by Crippen LogP contribution is -2.48. The van der Waals surface area contributed by atoms with Gasteiger partial charge in [-0.05, 0) is 63.1 Å². The lowest BCUT2D eigenvalue weighted by molar-refractivity contribution is -0.140. The van der Waals surface area contributed by atoms with Crippen LogP contribution < -0.4 is 14.8 Å². The minimum absolute atomic E-state index is 0.133. The molecule has 2 heterocycles. The van der Waals surface area contributed by atoms with Gasteiger partial charge in [0.15, 0.2) is 11.5 Å². The number of fused-ring (bicyclic) bond motifs is 1. The predicted molar refractivity (Wildman–Crippen MR) is 112 cm³/mol. The fourth-order valence-corrected chi connectivity index (χ4v) is 4.70. The number of ether oxygens (including phenoxy) is 2. The predicted octanol–water partition coefficient (Wildman–Crippen LogP) is 2.62. The first-order valence-electron chi connectivity index (χ1n) is 11.2. The minimum Gasteiger partial charge on any atom is -0.490 e. The molecule has 8 nitrogen and oxygen atoms in total. The molecule has 2 atom stereocenters. The largest absolute Gasteiger partial charge is 0.490 e. The second-order valence-corrected chi connectivity index (χ2v) is 9.26. The van der Waals surface area contributed by atoms with Gasteiger partial charge in [0.1, 0.15) is 12.1 Å². The zero-order valence-electron chi connectivity index (χ0n) is 18.1. The molecule has 1 aromatic rings. The van der Waals surface area contributed by atoms with E-state index in [1.165, 1.54) is 0 Å². The summed E-state index contributed by atoms with van der Waals surface area (Å²) in [4.78, 5) is 41.7. The number of urea groups is 1. The summed E-state index contributed by atoms with van der Waals surface area (Å²) < 4.78 is 11.5. The monoisotopic (exact) mass is 427 g/mol. The number of hydrogen-bond donors (Lipinski definition) is 1. The number of amides is 4. The third-order valence-electron chi connectivity index (χ3n) is 6.89. The molecule has 2 aliphatic heterocycles. The summed E-state index contributed by atoms with van der Waals surface area (Å²) in [6, 6.07) is 5.25. The molecule has 3 fully saturated rings. The van der Waals surface area contributed by atoms with Crippen molar-refractivity contribution in [2.24, 2.45) is 5.92 Å². The Morgan fingerprint density at radius 2 is 1.90 bits per heavy atom. The molecule has 0 spiro atoms. The van der Waals surface area contributed by atoms with Gasteiger partial charge in [0.2, 0.25) is 5.91 Å². The number of imide groups is 1. The van der Waals surface area contributed by atoms with Crippen LogP contribution in [-0.4, -0.2) is 59.0 Å². The number of carbonyl (C=O) groups excluding carboxylic acids is 3. The summed E-state index contributed by atoms with van der Waals surface area (Å²) in [7, 11) is 0. The zero-order valence-corrected chi connectivity index (χ0v) is 18.1. The molecule has 1 aromatic carbocycles. The molecule has 1 saturated heterocycles. The van der Waals surface area contributed by atoms with Crippen molar-refractivity contribution in [1.29, 1.82) is 0 Å². The number of hydrogen-bond acceptors (Lipinski definition) is 5. The van der Waals surface area contributed by atoms with E-state index in [-0.39, 0.29) is 36.4 Å². The molecule has 8 heteroatoms. The highest BCUT2D eigenvalue weighted by atomic mass is 16.5. The van der Waals surface area contributed by atoms with Crippen LogP contribution in [0.15, 0.2) is 18.2 Å². The fraction of sp³-hybridized carbons (Fsp3) is 0.609. The Morgan fingerprint density at radius 1 is 1.19 bits per heavy atom. The van der Waals surface area contributed by atoms with Gasteiger partial charge in [0.25, 0.3) is 5.91 Å². The highest BCUT2D eigenvalue weighted by molar-refractivity contribution is 6.09. The van der Waals surface area contributed by atoms with Crippen LogP contribution in [0, 0.1) is 5.92 Å². The average Bonchev–Trinajstić information content (AvgIpc) is 3.64. The van der Waals surface area contributed by atoms with Gasteiger partial charge in [-0.15, -0.1) is 0 Å². The van der Waals surface area contributed by atoms with Gasteiger partial charge in [-0.2, -0.15) is 0 Å². The summed E-state index contributed by atoms with van der Waals surface area (Å²) in [6.07, 6.45) is 4.55. The van der Waals surface area contributed by atoms with E-state index < -0.39 is 11.6 Å². The zero-order chi connectivity index (χ0) is 21.8. The molecule has 2 aliphatic carbocycles. The second-order valence-electron chi connectivity index (χ2n) is 9.26. The summed E-state index contributed by atoms with van der Waals surface area (Å²) in [5.41, 5.74) is 0.0753. The molecular weight excluding hydrogens is 398 g/mol. The maximum Gasteiger partial charge on any atom is 0.325 e. The van der Waals surface area contributed by atoms with Gasteiger partial charge in [-0.3, -0.25) is 14.5 Å².